The highest BCUT2D eigenvalue weighted by atomic mass is 19.3. The molecular weight excluding hydrogens is 880 g/mol. The molecule has 5 aromatic carbocycles. The highest BCUT2D eigenvalue weighted by Gasteiger charge is 2.58. The van der Waals surface area contributed by atoms with Crippen molar-refractivity contribution in [3.05, 3.63) is 133 Å². The van der Waals surface area contributed by atoms with Gasteiger partial charge in [0, 0.05) is 22.3 Å². The molecule has 0 heterocycles. The number of hydrogen-bond acceptors (Lipinski definition) is 3. The van der Waals surface area contributed by atoms with E-state index in [2.05, 4.69) is 14.0 Å². The number of benzene rings is 5. The molecule has 27 heteroatoms. The van der Waals surface area contributed by atoms with Crippen molar-refractivity contribution in [1.29, 1.82) is 0 Å². The summed E-state index contributed by atoms with van der Waals surface area (Å²) in [6, 6.07) is 0. The van der Waals surface area contributed by atoms with Crippen LogP contribution >= 0.6 is 0 Å². The third-order valence-corrected chi connectivity index (χ3v) is 8.66. The Labute approximate surface area is 306 Å². The lowest BCUT2D eigenvalue weighted by Gasteiger charge is -2.24. The zero-order chi connectivity index (χ0) is 44.0. The van der Waals surface area contributed by atoms with Crippen LogP contribution in [0.5, 0.6) is 17.2 Å². The lowest BCUT2D eigenvalue weighted by molar-refractivity contribution is 0.0395. The molecule has 310 valence electrons. The van der Waals surface area contributed by atoms with Crippen molar-refractivity contribution in [1.82, 2.24) is 0 Å². The molecule has 0 spiro atoms. The molecule has 0 unspecified atom stereocenters. The largest absolute Gasteiger partial charge is 0.864 e. The number of halogens is 23. The van der Waals surface area contributed by atoms with Gasteiger partial charge in [-0.05, 0) is 0 Å². The van der Waals surface area contributed by atoms with E-state index in [0.29, 0.717) is 0 Å². The normalized spacial score (nSPS) is 14.3. The van der Waals surface area contributed by atoms with Crippen molar-refractivity contribution in [2.24, 2.45) is 0 Å². The van der Waals surface area contributed by atoms with Gasteiger partial charge in [-0.1, -0.05) is 0 Å². The standard InChI is InChI=1S/C32BF23O3/c34-9-1-3-7(31(53,54)5(1)13(38)19(44)15(9)40)28(24(49)17(42)11(3)36)57-33(59-30-26(51)22(47)21(46)23(48)27(30)52)58-29-8-4(12(37)18(43)25(29)50)2-6(32(8,55)56)14(39)20(45)16(41)10(2)35. The van der Waals surface area contributed by atoms with E-state index < -0.39 is 191 Å². The fourth-order valence-corrected chi connectivity index (χ4v) is 6.19. The van der Waals surface area contributed by atoms with Crippen molar-refractivity contribution in [3.63, 3.8) is 0 Å². The highest BCUT2D eigenvalue weighted by Crippen LogP contribution is 2.60. The van der Waals surface area contributed by atoms with Crippen LogP contribution in [-0.4, -0.2) is 7.32 Å². The van der Waals surface area contributed by atoms with Gasteiger partial charge in [0.2, 0.25) is 40.7 Å². The molecule has 3 nitrogen and oxygen atoms in total. The molecule has 0 bridgehead atoms. The summed E-state index contributed by atoms with van der Waals surface area (Å²) in [4.78, 5) is 0. The molecular formula is C32BF23O3. The molecule has 0 saturated heterocycles. The Bertz CT molecular complexity index is 2590. The Morgan fingerprint density at radius 2 is 0.441 bits per heavy atom. The van der Waals surface area contributed by atoms with Crippen molar-refractivity contribution in [2.45, 2.75) is 11.8 Å². The van der Waals surface area contributed by atoms with E-state index in [1.165, 1.54) is 0 Å². The van der Waals surface area contributed by atoms with Gasteiger partial charge in [0.1, 0.15) is 0 Å². The van der Waals surface area contributed by atoms with Gasteiger partial charge in [0.05, 0.1) is 22.3 Å². The molecule has 2 aliphatic carbocycles. The first kappa shape index (κ1) is 41.1. The van der Waals surface area contributed by atoms with Crippen LogP contribution in [-0.2, 0) is 11.8 Å². The molecule has 0 amide bonds. The third-order valence-electron chi connectivity index (χ3n) is 8.66. The van der Waals surface area contributed by atoms with E-state index in [1.807, 2.05) is 0 Å². The van der Waals surface area contributed by atoms with Crippen LogP contribution in [0.4, 0.5) is 101 Å². The minimum absolute atomic E-state index is 2.47. The minimum atomic E-state index is -5.77. The van der Waals surface area contributed by atoms with Gasteiger partial charge in [0.25, 0.3) is 0 Å². The Kier molecular flexibility index (Phi) is 9.05. The van der Waals surface area contributed by atoms with Gasteiger partial charge >= 0.3 is 19.2 Å². The fourth-order valence-electron chi connectivity index (χ4n) is 6.19. The molecule has 7 rings (SSSR count). The second kappa shape index (κ2) is 13.0. The van der Waals surface area contributed by atoms with Gasteiger partial charge in [-0.15, -0.1) is 0 Å². The van der Waals surface area contributed by atoms with E-state index in [9.17, 15) is 65.9 Å². The van der Waals surface area contributed by atoms with Gasteiger partial charge in [-0.25, -0.2) is 65.9 Å². The van der Waals surface area contributed by atoms with Crippen LogP contribution in [0.15, 0.2) is 0 Å². The third kappa shape index (κ3) is 5.20. The molecule has 2 aliphatic rings. The molecule has 0 radical (unpaired) electrons. The second-order valence-electron chi connectivity index (χ2n) is 11.7. The average molecular weight is 880 g/mol. The second-order valence-corrected chi connectivity index (χ2v) is 11.7. The van der Waals surface area contributed by atoms with Crippen LogP contribution in [0.2, 0.25) is 0 Å². The van der Waals surface area contributed by atoms with Gasteiger partial charge < -0.3 is 14.0 Å². The zero-order valence-electron chi connectivity index (χ0n) is 26.5. The fraction of sp³-hybridized carbons (Fsp3) is 0.0625. The first-order chi connectivity index (χ1) is 27.2. The van der Waals surface area contributed by atoms with Crippen molar-refractivity contribution >= 4 is 7.32 Å². The first-order valence-corrected chi connectivity index (χ1v) is 14.7. The Morgan fingerprint density at radius 1 is 0.237 bits per heavy atom. The van der Waals surface area contributed by atoms with E-state index in [-0.39, 0.29) is 0 Å². The quantitative estimate of drug-likeness (QED) is 0.0736. The molecule has 0 fully saturated rings. The molecule has 0 atom stereocenters. The molecule has 0 aromatic heterocycles. The van der Waals surface area contributed by atoms with E-state index in [4.69, 9.17) is 0 Å². The zero-order valence-corrected chi connectivity index (χ0v) is 26.5. The average Bonchev–Trinajstić information content (AvgIpc) is 3.59. The maximum atomic E-state index is 15.8. The Morgan fingerprint density at radius 3 is 0.763 bits per heavy atom. The number of hydrogen-bond donors (Lipinski definition) is 0. The predicted octanol–water partition coefficient (Wildman–Crippen LogP) is 11.1. The lowest BCUT2D eigenvalue weighted by Crippen LogP contribution is -2.40. The van der Waals surface area contributed by atoms with Crippen molar-refractivity contribution < 1.29 is 115 Å². The molecule has 5 aromatic rings. The SMILES string of the molecule is Fc1c(F)c(F)c(OB(Oc2c(F)c(F)c(F)c3c2C(F)(F)c2c(F)c(F)c(F)c(F)c2-3)Oc2c(F)c(F)c(F)c3c2C(F)(F)c2c(F)c(F)c(F)c(F)c2-3)c(F)c1F. The summed E-state index contributed by atoms with van der Waals surface area (Å²) in [5.41, 5.74) is -21.3. The van der Waals surface area contributed by atoms with Crippen LogP contribution in [0, 0.1) is 111 Å². The smallest absolute Gasteiger partial charge is 0.486 e. The molecule has 0 aliphatic heterocycles. The van der Waals surface area contributed by atoms with Gasteiger partial charge in [0.15, 0.2) is 87.1 Å². The molecule has 0 saturated carbocycles. The van der Waals surface area contributed by atoms with Gasteiger partial charge in [-0.2, -0.15) is 35.1 Å². The lowest BCUT2D eigenvalue weighted by atomic mass is 10.0. The number of alkyl halides is 4. The maximum Gasteiger partial charge on any atom is 0.864 e. The van der Waals surface area contributed by atoms with E-state index in [0.717, 1.165) is 0 Å². The summed E-state index contributed by atoms with van der Waals surface area (Å²) in [5.74, 6) is -79.5. The minimum Gasteiger partial charge on any atom is -0.486 e. The van der Waals surface area contributed by atoms with Crippen LogP contribution in [0.1, 0.15) is 22.3 Å². The first-order valence-electron chi connectivity index (χ1n) is 14.7. The summed E-state index contributed by atoms with van der Waals surface area (Å²) in [6.45, 7) is 0. The van der Waals surface area contributed by atoms with Crippen LogP contribution in [0.3, 0.4) is 0 Å². The predicted molar refractivity (Wildman–Crippen MR) is 143 cm³/mol. The topological polar surface area (TPSA) is 27.7 Å². The van der Waals surface area contributed by atoms with E-state index in [1.54, 1.807) is 0 Å². The van der Waals surface area contributed by atoms with E-state index >= 15 is 35.1 Å². The monoisotopic (exact) mass is 880 g/mol. The summed E-state index contributed by atoms with van der Waals surface area (Å²) in [6.07, 6.45) is 0. The van der Waals surface area contributed by atoms with Crippen LogP contribution < -0.4 is 14.0 Å². The summed E-state index contributed by atoms with van der Waals surface area (Å²) >= 11 is 0. The van der Waals surface area contributed by atoms with Crippen LogP contribution in [0.25, 0.3) is 22.3 Å². The summed E-state index contributed by atoms with van der Waals surface area (Å²) < 4.78 is 354. The van der Waals surface area contributed by atoms with Gasteiger partial charge in [-0.3, -0.25) is 0 Å². The molecule has 0 N–H and O–H groups in total. The number of fused-ring (bicyclic) bond motifs is 6. The maximum absolute atomic E-state index is 15.8. The summed E-state index contributed by atoms with van der Waals surface area (Å²) in [5, 5.41) is 0. The number of rotatable bonds is 6. The Balaban J connectivity index is 1.53. The highest BCUT2D eigenvalue weighted by molar-refractivity contribution is 6.39. The van der Waals surface area contributed by atoms with Crippen molar-refractivity contribution in [3.8, 4) is 39.5 Å². The molecule has 59 heavy (non-hydrogen) atoms. The Hall–Kier alpha value is -6.05. The summed E-state index contributed by atoms with van der Waals surface area (Å²) in [7, 11) is -4.42. The van der Waals surface area contributed by atoms with Crippen molar-refractivity contribution in [2.75, 3.05) is 0 Å².